The van der Waals surface area contributed by atoms with Gasteiger partial charge in [0, 0.05) is 16.5 Å². The molecule has 194 valence electrons. The second-order valence-electron chi connectivity index (χ2n) is 9.19. The molecule has 0 spiro atoms. The Morgan fingerprint density at radius 2 is 1.68 bits per heavy atom. The Hall–Kier alpha value is -3.45. The fourth-order valence-corrected chi connectivity index (χ4v) is 5.01. The fraction of sp³-hybridized carbons (Fsp3) is 0.346. The van der Waals surface area contributed by atoms with Crippen LogP contribution < -0.4 is 14.2 Å². The average Bonchev–Trinajstić information content (AvgIpc) is 3.62. The van der Waals surface area contributed by atoms with Crippen LogP contribution in [-0.4, -0.2) is 69.5 Å². The first-order valence-electron chi connectivity index (χ1n) is 11.6. The van der Waals surface area contributed by atoms with Gasteiger partial charge in [0.2, 0.25) is 13.1 Å². The number of benzene rings is 3. The largest absolute Gasteiger partial charge is 0.461 e. The Morgan fingerprint density at radius 1 is 0.946 bits per heavy atom. The molecule has 11 nitrogen and oxygen atoms in total. The summed E-state index contributed by atoms with van der Waals surface area (Å²) in [7, 11) is 0. The number of ether oxygens (including phenoxy) is 5. The van der Waals surface area contributed by atoms with Crippen LogP contribution >= 0.6 is 0 Å². The lowest BCUT2D eigenvalue weighted by Gasteiger charge is -2.25. The van der Waals surface area contributed by atoms with Crippen LogP contribution in [0.15, 0.2) is 30.3 Å². The van der Waals surface area contributed by atoms with E-state index in [-0.39, 0.29) is 44.5 Å². The number of rotatable bonds is 6. The van der Waals surface area contributed by atoms with Gasteiger partial charge in [-0.3, -0.25) is 0 Å². The molecule has 3 aliphatic heterocycles. The Bertz CT molecular complexity index is 1420. The van der Waals surface area contributed by atoms with Gasteiger partial charge in [-0.1, -0.05) is 6.07 Å². The maximum atomic E-state index is 13.0. The molecule has 3 aliphatic rings. The van der Waals surface area contributed by atoms with Gasteiger partial charge in [0.25, 0.3) is 0 Å². The number of aliphatic hydroxyl groups is 5. The minimum Gasteiger partial charge on any atom is -0.461 e. The summed E-state index contributed by atoms with van der Waals surface area (Å²) in [5.41, 5.74) is 0.721. The van der Waals surface area contributed by atoms with Crippen LogP contribution in [-0.2, 0) is 29.3 Å². The van der Waals surface area contributed by atoms with Gasteiger partial charge in [0.05, 0.1) is 32.0 Å². The molecule has 3 aromatic carbocycles. The summed E-state index contributed by atoms with van der Waals surface area (Å²) < 4.78 is 27.8. The van der Waals surface area contributed by atoms with Crippen LogP contribution in [0.5, 0.6) is 17.2 Å². The number of esters is 1. The van der Waals surface area contributed by atoms with E-state index in [0.717, 1.165) is 0 Å². The van der Waals surface area contributed by atoms with E-state index in [2.05, 4.69) is 0 Å². The number of carbonyl (C=O) groups excluding carboxylic acids is 1. The Morgan fingerprint density at radius 3 is 2.38 bits per heavy atom. The molecule has 3 atom stereocenters. The third-order valence-corrected chi connectivity index (χ3v) is 7.05. The van der Waals surface area contributed by atoms with Crippen molar-refractivity contribution >= 4 is 16.7 Å². The van der Waals surface area contributed by atoms with Crippen molar-refractivity contribution in [2.45, 2.75) is 37.8 Å². The molecule has 0 saturated carbocycles. The summed E-state index contributed by atoms with van der Waals surface area (Å²) >= 11 is 0. The summed E-state index contributed by atoms with van der Waals surface area (Å²) in [6.45, 7) is -1.89. The van der Waals surface area contributed by atoms with Crippen molar-refractivity contribution in [1.82, 2.24) is 0 Å². The molecule has 0 amide bonds. The number of hydrogen-bond acceptors (Lipinski definition) is 11. The van der Waals surface area contributed by atoms with Crippen LogP contribution in [0.25, 0.3) is 21.9 Å². The van der Waals surface area contributed by atoms with E-state index in [1.54, 1.807) is 30.3 Å². The van der Waals surface area contributed by atoms with Gasteiger partial charge >= 0.3 is 5.97 Å². The lowest BCUT2D eigenvalue weighted by Crippen LogP contribution is -2.48. The molecule has 5 N–H and O–H groups in total. The normalized spacial score (nSPS) is 24.0. The van der Waals surface area contributed by atoms with Gasteiger partial charge < -0.3 is 49.2 Å². The highest BCUT2D eigenvalue weighted by molar-refractivity contribution is 6.13. The Labute approximate surface area is 210 Å². The zero-order chi connectivity index (χ0) is 25.9. The zero-order valence-electron chi connectivity index (χ0n) is 19.5. The molecule has 6 rings (SSSR count). The Kier molecular flexibility index (Phi) is 5.71. The van der Waals surface area contributed by atoms with E-state index >= 15 is 0 Å². The molecule has 1 unspecified atom stereocenters. The van der Waals surface area contributed by atoms with Crippen molar-refractivity contribution in [2.24, 2.45) is 0 Å². The van der Waals surface area contributed by atoms with Crippen LogP contribution in [0.2, 0.25) is 0 Å². The minimum atomic E-state index is -1.91. The summed E-state index contributed by atoms with van der Waals surface area (Å²) in [4.78, 5) is 13.0. The smallest absolute Gasteiger partial charge is 0.339 e. The lowest BCUT2D eigenvalue weighted by molar-refractivity contribution is -0.115. The van der Waals surface area contributed by atoms with Crippen molar-refractivity contribution in [2.75, 3.05) is 20.0 Å². The molecule has 0 aromatic heterocycles. The van der Waals surface area contributed by atoms with Crippen LogP contribution in [0, 0.1) is 0 Å². The van der Waals surface area contributed by atoms with Gasteiger partial charge in [0.1, 0.15) is 24.1 Å². The molecule has 1 saturated heterocycles. The third-order valence-electron chi connectivity index (χ3n) is 7.05. The molecule has 11 heteroatoms. The van der Waals surface area contributed by atoms with Crippen molar-refractivity contribution < 1.29 is 54.0 Å². The summed E-state index contributed by atoms with van der Waals surface area (Å²) in [5, 5.41) is 51.4. The van der Waals surface area contributed by atoms with E-state index in [0.29, 0.717) is 50.1 Å². The highest BCUT2D eigenvalue weighted by atomic mass is 16.7. The van der Waals surface area contributed by atoms with Crippen LogP contribution in [0.1, 0.15) is 27.0 Å². The first-order valence-corrected chi connectivity index (χ1v) is 11.6. The SMILES string of the molecule is O=C1OCc2c1c(-c1ccc3c(c1)OCO3)c1cc(CO)c(CO)cc1c2O[C@@H]1OC[C@@](O)(CO)C1O. The van der Waals surface area contributed by atoms with E-state index in [4.69, 9.17) is 23.7 Å². The zero-order valence-corrected chi connectivity index (χ0v) is 19.5. The van der Waals surface area contributed by atoms with Gasteiger partial charge in [0.15, 0.2) is 11.5 Å². The number of cyclic esters (lactones) is 1. The highest BCUT2D eigenvalue weighted by Crippen LogP contribution is 2.48. The first-order chi connectivity index (χ1) is 17.9. The average molecular weight is 512 g/mol. The van der Waals surface area contributed by atoms with Gasteiger partial charge in [-0.05, 0) is 46.3 Å². The first kappa shape index (κ1) is 23.9. The number of hydrogen-bond donors (Lipinski definition) is 5. The minimum absolute atomic E-state index is 0.0743. The number of fused-ring (bicyclic) bond motifs is 3. The molecule has 37 heavy (non-hydrogen) atoms. The lowest BCUT2D eigenvalue weighted by atomic mass is 9.87. The van der Waals surface area contributed by atoms with Crippen molar-refractivity contribution in [3.8, 4) is 28.4 Å². The summed E-state index contributed by atoms with van der Waals surface area (Å²) in [5.74, 6) is 0.637. The maximum absolute atomic E-state index is 13.0. The van der Waals surface area contributed by atoms with Crippen molar-refractivity contribution in [3.05, 3.63) is 52.6 Å². The van der Waals surface area contributed by atoms with E-state index < -0.39 is 30.6 Å². The second kappa shape index (κ2) is 8.84. The van der Waals surface area contributed by atoms with Gasteiger partial charge in [-0.25, -0.2) is 4.79 Å². The molecule has 1 fully saturated rings. The van der Waals surface area contributed by atoms with Gasteiger partial charge in [-0.2, -0.15) is 0 Å². The summed E-state index contributed by atoms with van der Waals surface area (Å²) in [6, 6.07) is 8.55. The predicted octanol–water partition coefficient (Wildman–Crippen LogP) is 0.710. The fourth-order valence-electron chi connectivity index (χ4n) is 5.01. The molecule has 0 bridgehead atoms. The molecule has 3 heterocycles. The molecular weight excluding hydrogens is 488 g/mol. The molecule has 0 radical (unpaired) electrons. The molecular formula is C26H24O11. The van der Waals surface area contributed by atoms with E-state index in [9.17, 15) is 30.3 Å². The van der Waals surface area contributed by atoms with Gasteiger partial charge in [-0.15, -0.1) is 0 Å². The van der Waals surface area contributed by atoms with Crippen LogP contribution in [0.4, 0.5) is 0 Å². The molecule has 3 aromatic rings. The van der Waals surface area contributed by atoms with Crippen molar-refractivity contribution in [1.29, 1.82) is 0 Å². The number of carbonyl (C=O) groups is 1. The van der Waals surface area contributed by atoms with E-state index in [1.807, 2.05) is 0 Å². The molecule has 0 aliphatic carbocycles. The summed E-state index contributed by atoms with van der Waals surface area (Å²) in [6.07, 6.45) is -2.93. The monoisotopic (exact) mass is 512 g/mol. The number of aliphatic hydroxyl groups excluding tert-OH is 4. The topological polar surface area (TPSA) is 164 Å². The van der Waals surface area contributed by atoms with Crippen molar-refractivity contribution in [3.63, 3.8) is 0 Å². The quantitative estimate of drug-likeness (QED) is 0.296. The predicted molar refractivity (Wildman–Crippen MR) is 125 cm³/mol. The van der Waals surface area contributed by atoms with E-state index in [1.165, 1.54) is 0 Å². The third kappa shape index (κ3) is 3.62. The highest BCUT2D eigenvalue weighted by Gasteiger charge is 2.50. The maximum Gasteiger partial charge on any atom is 0.339 e. The second-order valence-corrected chi connectivity index (χ2v) is 9.19. The van der Waals surface area contributed by atoms with Crippen LogP contribution in [0.3, 0.4) is 0 Å². The standard InChI is InChI=1S/C26H24O11/c27-6-13-3-15-16(4-14(13)7-28)22(37-25-23(30)26(32,9-29)10-34-25)17-8-33-24(31)21(17)20(15)12-1-2-18-19(5-12)36-11-35-18/h1-5,23,25,27-30,32H,6-11H2/t23?,25-,26-/m0/s1. The Balaban J connectivity index is 1.61.